The molecule has 1 fully saturated rings. The van der Waals surface area contributed by atoms with Gasteiger partial charge >= 0.3 is 5.97 Å². The Kier molecular flexibility index (Phi) is 17.1. The molecule has 3 nitrogen and oxygen atoms in total. The summed E-state index contributed by atoms with van der Waals surface area (Å²) in [5.41, 5.74) is 1.15. The number of carbonyl (C=O) groups excluding carboxylic acids is 1. The van der Waals surface area contributed by atoms with E-state index in [0.29, 0.717) is 13.2 Å². The van der Waals surface area contributed by atoms with Crippen LogP contribution in [0.5, 0.6) is 0 Å². The van der Waals surface area contributed by atoms with E-state index in [0.717, 1.165) is 37.7 Å². The van der Waals surface area contributed by atoms with Crippen molar-refractivity contribution in [1.82, 2.24) is 0 Å². The van der Waals surface area contributed by atoms with Crippen LogP contribution in [0, 0.1) is 29.6 Å². The van der Waals surface area contributed by atoms with Crippen LogP contribution in [0.2, 0.25) is 0 Å². The molecule has 0 saturated carbocycles. The molecule has 36 heavy (non-hydrogen) atoms. The molecular formula is C33H46O3. The molecule has 1 saturated heterocycles. The molecule has 1 unspecified atom stereocenters. The van der Waals surface area contributed by atoms with Gasteiger partial charge in [-0.05, 0) is 55.6 Å². The van der Waals surface area contributed by atoms with E-state index < -0.39 is 0 Å². The molecule has 0 amide bonds. The third-order valence-corrected chi connectivity index (χ3v) is 6.58. The Labute approximate surface area is 220 Å². The third kappa shape index (κ3) is 14.8. The van der Waals surface area contributed by atoms with Crippen molar-refractivity contribution in [3.05, 3.63) is 48.0 Å². The van der Waals surface area contributed by atoms with E-state index in [9.17, 15) is 4.79 Å². The molecule has 3 heteroatoms. The normalized spacial score (nSPS) is 16.9. The zero-order valence-electron chi connectivity index (χ0n) is 22.4. The summed E-state index contributed by atoms with van der Waals surface area (Å²) in [5.74, 6) is 12.1. The summed E-state index contributed by atoms with van der Waals surface area (Å²) in [5, 5.41) is 0. The third-order valence-electron chi connectivity index (χ3n) is 6.58. The van der Waals surface area contributed by atoms with Gasteiger partial charge in [-0.25, -0.2) is 0 Å². The summed E-state index contributed by atoms with van der Waals surface area (Å²) in [6.07, 6.45) is 21.5. The first-order valence-electron chi connectivity index (χ1n) is 14.2. The van der Waals surface area contributed by atoms with Gasteiger partial charge in [-0.3, -0.25) is 4.79 Å². The van der Waals surface area contributed by atoms with Gasteiger partial charge in [-0.1, -0.05) is 113 Å². The Morgan fingerprint density at radius 1 is 0.944 bits per heavy atom. The maximum Gasteiger partial charge on any atom is 0.309 e. The average Bonchev–Trinajstić information content (AvgIpc) is 3.25. The molecule has 0 spiro atoms. The second-order valence-electron chi connectivity index (χ2n) is 9.83. The molecule has 0 aliphatic carbocycles. The lowest BCUT2D eigenvalue weighted by atomic mass is 9.97. The van der Waals surface area contributed by atoms with E-state index in [-0.39, 0.29) is 18.0 Å². The van der Waals surface area contributed by atoms with Crippen molar-refractivity contribution in [2.24, 2.45) is 5.92 Å². The van der Waals surface area contributed by atoms with E-state index in [1.165, 1.54) is 64.2 Å². The van der Waals surface area contributed by atoms with Crippen molar-refractivity contribution in [2.75, 3.05) is 6.61 Å². The number of cyclic esters (lactones) is 1. The van der Waals surface area contributed by atoms with Gasteiger partial charge in [0, 0.05) is 6.42 Å². The lowest BCUT2D eigenvalue weighted by molar-refractivity contribution is -0.146. The Hall–Kier alpha value is -2.49. The van der Waals surface area contributed by atoms with Crippen molar-refractivity contribution in [2.45, 2.75) is 116 Å². The van der Waals surface area contributed by atoms with Crippen molar-refractivity contribution in [3.63, 3.8) is 0 Å². The van der Waals surface area contributed by atoms with E-state index in [1.807, 2.05) is 36.4 Å². The number of esters is 1. The molecule has 0 aromatic heterocycles. The Morgan fingerprint density at radius 2 is 1.69 bits per heavy atom. The van der Waals surface area contributed by atoms with E-state index in [1.54, 1.807) is 0 Å². The van der Waals surface area contributed by atoms with E-state index >= 15 is 0 Å². The minimum atomic E-state index is -0.0832. The van der Waals surface area contributed by atoms with Gasteiger partial charge in [-0.15, -0.1) is 0 Å². The molecule has 0 bridgehead atoms. The number of allylic oxidation sites excluding steroid dienone is 2. The second kappa shape index (κ2) is 20.7. The lowest BCUT2D eigenvalue weighted by Gasteiger charge is -2.09. The topological polar surface area (TPSA) is 35.5 Å². The van der Waals surface area contributed by atoms with Crippen LogP contribution in [0.15, 0.2) is 42.5 Å². The van der Waals surface area contributed by atoms with Crippen LogP contribution >= 0.6 is 0 Å². The van der Waals surface area contributed by atoms with Crippen LogP contribution in [0.3, 0.4) is 0 Å². The van der Waals surface area contributed by atoms with Gasteiger partial charge in [0.2, 0.25) is 0 Å². The highest BCUT2D eigenvalue weighted by Crippen LogP contribution is 2.27. The monoisotopic (exact) mass is 490 g/mol. The minimum Gasteiger partial charge on any atom is -0.460 e. The highest BCUT2D eigenvalue weighted by molar-refractivity contribution is 5.74. The SMILES string of the molecule is CCCCC/C=C/C#CC#CCCCCCCCCCCC1C[C@@H](COCc2ccccc2)OC1=O. The molecule has 0 radical (unpaired) electrons. The smallest absolute Gasteiger partial charge is 0.309 e. The molecule has 2 rings (SSSR count). The zero-order valence-corrected chi connectivity index (χ0v) is 22.4. The van der Waals surface area contributed by atoms with Crippen LogP contribution in [-0.4, -0.2) is 18.7 Å². The lowest BCUT2D eigenvalue weighted by Crippen LogP contribution is -2.14. The van der Waals surface area contributed by atoms with Gasteiger partial charge in [0.05, 0.1) is 19.1 Å². The molecule has 196 valence electrons. The molecule has 1 aromatic carbocycles. The van der Waals surface area contributed by atoms with Crippen molar-refractivity contribution in [1.29, 1.82) is 0 Å². The van der Waals surface area contributed by atoms with Gasteiger partial charge in [-0.2, -0.15) is 0 Å². The number of hydrogen-bond acceptors (Lipinski definition) is 3. The molecule has 1 aliphatic heterocycles. The molecular weight excluding hydrogens is 444 g/mol. The first kappa shape index (κ1) is 29.7. The Balaban J connectivity index is 1.37. The average molecular weight is 491 g/mol. The summed E-state index contributed by atoms with van der Waals surface area (Å²) >= 11 is 0. The van der Waals surface area contributed by atoms with E-state index in [4.69, 9.17) is 9.47 Å². The number of carbonyl (C=O) groups is 1. The predicted molar refractivity (Wildman–Crippen MR) is 149 cm³/mol. The highest BCUT2D eigenvalue weighted by Gasteiger charge is 2.33. The van der Waals surface area contributed by atoms with Crippen LogP contribution in [0.4, 0.5) is 0 Å². The number of benzene rings is 1. The van der Waals surface area contributed by atoms with Crippen LogP contribution in [0.1, 0.15) is 109 Å². The van der Waals surface area contributed by atoms with Crippen LogP contribution in [-0.2, 0) is 20.9 Å². The second-order valence-corrected chi connectivity index (χ2v) is 9.83. The minimum absolute atomic E-state index is 0.0312. The van der Waals surface area contributed by atoms with Gasteiger partial charge < -0.3 is 9.47 Å². The largest absolute Gasteiger partial charge is 0.460 e. The molecule has 1 heterocycles. The molecule has 0 N–H and O–H groups in total. The van der Waals surface area contributed by atoms with Gasteiger partial charge in [0.15, 0.2) is 0 Å². The quantitative estimate of drug-likeness (QED) is 0.118. The number of unbranched alkanes of at least 4 members (excludes halogenated alkanes) is 11. The summed E-state index contributed by atoms with van der Waals surface area (Å²) in [7, 11) is 0. The number of rotatable bonds is 18. The number of ether oxygens (including phenoxy) is 2. The van der Waals surface area contributed by atoms with Crippen molar-refractivity contribution >= 4 is 5.97 Å². The summed E-state index contributed by atoms with van der Waals surface area (Å²) in [4.78, 5) is 12.1. The Morgan fingerprint density at radius 3 is 2.47 bits per heavy atom. The van der Waals surface area contributed by atoms with Crippen LogP contribution < -0.4 is 0 Å². The fourth-order valence-corrected chi connectivity index (χ4v) is 4.45. The number of hydrogen-bond donors (Lipinski definition) is 0. The van der Waals surface area contributed by atoms with Crippen molar-refractivity contribution in [3.8, 4) is 23.7 Å². The maximum absolute atomic E-state index is 12.1. The molecule has 1 aliphatic rings. The van der Waals surface area contributed by atoms with Crippen LogP contribution in [0.25, 0.3) is 0 Å². The summed E-state index contributed by atoms with van der Waals surface area (Å²) < 4.78 is 11.3. The highest BCUT2D eigenvalue weighted by atomic mass is 16.6. The van der Waals surface area contributed by atoms with Gasteiger partial charge in [0.25, 0.3) is 0 Å². The standard InChI is InChI=1S/C33H46O3/c1-2-3-4-5-6-7-8-9-10-11-12-13-14-15-16-17-18-19-23-26-31-27-32(36-33(31)34)29-35-28-30-24-21-20-22-25-30/h6-7,20-22,24-25,31-32H,2-5,12-19,23,26-29H2,1H3/b7-6+/t31?,32-/m0/s1. The first-order valence-corrected chi connectivity index (χ1v) is 14.2. The fourth-order valence-electron chi connectivity index (χ4n) is 4.45. The Bertz CT molecular complexity index is 850. The summed E-state index contributed by atoms with van der Waals surface area (Å²) in [6.45, 7) is 3.28. The van der Waals surface area contributed by atoms with Gasteiger partial charge in [0.1, 0.15) is 6.10 Å². The predicted octanol–water partition coefficient (Wildman–Crippen LogP) is 8.18. The first-order chi connectivity index (χ1) is 17.8. The summed E-state index contributed by atoms with van der Waals surface area (Å²) in [6, 6.07) is 10.1. The van der Waals surface area contributed by atoms with E-state index in [2.05, 4.69) is 36.7 Å². The maximum atomic E-state index is 12.1. The fraction of sp³-hybridized carbons (Fsp3) is 0.606. The molecule has 2 atom stereocenters. The zero-order chi connectivity index (χ0) is 25.5. The molecule has 1 aromatic rings. The van der Waals surface area contributed by atoms with Crippen molar-refractivity contribution < 1.29 is 14.3 Å².